The van der Waals surface area contributed by atoms with E-state index < -0.39 is 0 Å². The maximum atomic E-state index is 12.2. The fourth-order valence-electron chi connectivity index (χ4n) is 2.58. The van der Waals surface area contributed by atoms with Crippen LogP contribution in [0.2, 0.25) is 0 Å². The van der Waals surface area contributed by atoms with E-state index in [4.69, 9.17) is 10.3 Å². The Kier molecular flexibility index (Phi) is 3.81. The molecule has 0 aliphatic heterocycles. The molecule has 0 saturated carbocycles. The second-order valence-electron chi connectivity index (χ2n) is 5.55. The molecule has 0 fully saturated rings. The molecule has 0 aliphatic carbocycles. The minimum absolute atomic E-state index is 0.141. The first kappa shape index (κ1) is 15.5. The highest BCUT2D eigenvalue weighted by Gasteiger charge is 2.11. The van der Waals surface area contributed by atoms with Gasteiger partial charge in [-0.1, -0.05) is 30.0 Å². The molecule has 7 nitrogen and oxygen atoms in total. The van der Waals surface area contributed by atoms with E-state index in [2.05, 4.69) is 15.5 Å². The number of benzene rings is 2. The van der Waals surface area contributed by atoms with Crippen molar-refractivity contribution in [2.24, 2.45) is 0 Å². The molecule has 0 atom stereocenters. The quantitative estimate of drug-likeness (QED) is 0.432. The summed E-state index contributed by atoms with van der Waals surface area (Å²) in [5.74, 6) is 6.42. The van der Waals surface area contributed by atoms with Gasteiger partial charge in [0, 0.05) is 16.5 Å². The Bertz CT molecular complexity index is 1090. The van der Waals surface area contributed by atoms with Gasteiger partial charge in [-0.25, -0.2) is 4.68 Å². The van der Waals surface area contributed by atoms with Crippen LogP contribution in [0.5, 0.6) is 0 Å². The van der Waals surface area contributed by atoms with Crippen molar-refractivity contribution in [2.45, 2.75) is 12.1 Å². The summed E-state index contributed by atoms with van der Waals surface area (Å²) in [6, 6.07) is 13.4. The van der Waals surface area contributed by atoms with E-state index >= 15 is 0 Å². The van der Waals surface area contributed by atoms with E-state index in [1.807, 2.05) is 42.5 Å². The number of carbonyl (C=O) groups is 1. The summed E-state index contributed by atoms with van der Waals surface area (Å²) in [6.45, 7) is 1.75. The molecule has 0 spiro atoms. The highest BCUT2D eigenvalue weighted by Crippen LogP contribution is 2.30. The number of amides is 1. The lowest BCUT2D eigenvalue weighted by Gasteiger charge is -2.05. The number of aromatic nitrogens is 3. The molecular formula is C17H15N5O2S. The Balaban J connectivity index is 1.51. The topological polar surface area (TPSA) is 99.0 Å². The standard InChI is InChI=1S/C17H15N5O2S/c1-10-20-21-17(22(10)18)25-9-16(23)19-11-6-7-15-13(8-11)12-4-2-3-5-14(12)24-15/h2-8H,9,18H2,1H3,(H,19,23). The summed E-state index contributed by atoms with van der Waals surface area (Å²) in [6.07, 6.45) is 0. The lowest BCUT2D eigenvalue weighted by molar-refractivity contribution is -0.113. The van der Waals surface area contributed by atoms with Gasteiger partial charge in [0.2, 0.25) is 11.1 Å². The van der Waals surface area contributed by atoms with Crippen molar-refractivity contribution in [1.29, 1.82) is 0 Å². The SMILES string of the molecule is Cc1nnc(SCC(=O)Nc2ccc3oc4ccccc4c3c2)n1N. The van der Waals surface area contributed by atoms with Crippen LogP contribution in [-0.4, -0.2) is 26.5 Å². The van der Waals surface area contributed by atoms with Gasteiger partial charge < -0.3 is 15.6 Å². The summed E-state index contributed by atoms with van der Waals surface area (Å²) in [4.78, 5) is 12.2. The zero-order valence-electron chi connectivity index (χ0n) is 13.4. The summed E-state index contributed by atoms with van der Waals surface area (Å²) >= 11 is 1.24. The third kappa shape index (κ3) is 2.91. The summed E-state index contributed by atoms with van der Waals surface area (Å²) in [7, 11) is 0. The smallest absolute Gasteiger partial charge is 0.234 e. The second kappa shape index (κ2) is 6.14. The molecule has 0 unspecified atom stereocenters. The van der Waals surface area contributed by atoms with Crippen LogP contribution < -0.4 is 11.2 Å². The maximum Gasteiger partial charge on any atom is 0.234 e. The van der Waals surface area contributed by atoms with Crippen LogP contribution in [0.15, 0.2) is 52.0 Å². The fraction of sp³-hybridized carbons (Fsp3) is 0.118. The number of nitrogen functional groups attached to an aromatic ring is 1. The molecule has 2 aromatic heterocycles. The van der Waals surface area contributed by atoms with Crippen molar-refractivity contribution in [3.63, 3.8) is 0 Å². The number of carbonyl (C=O) groups excluding carboxylic acids is 1. The maximum absolute atomic E-state index is 12.2. The summed E-state index contributed by atoms with van der Waals surface area (Å²) in [5.41, 5.74) is 2.34. The number of hydrogen-bond donors (Lipinski definition) is 2. The molecule has 1 amide bonds. The van der Waals surface area contributed by atoms with Crippen molar-refractivity contribution < 1.29 is 9.21 Å². The van der Waals surface area contributed by atoms with Crippen molar-refractivity contribution in [3.05, 3.63) is 48.3 Å². The van der Waals surface area contributed by atoms with Crippen LogP contribution in [-0.2, 0) is 4.79 Å². The Morgan fingerprint density at radius 1 is 1.20 bits per heavy atom. The van der Waals surface area contributed by atoms with Gasteiger partial charge in [0.05, 0.1) is 5.75 Å². The summed E-state index contributed by atoms with van der Waals surface area (Å²) in [5, 5.41) is 13.2. The number of hydrogen-bond acceptors (Lipinski definition) is 6. The van der Waals surface area contributed by atoms with E-state index in [9.17, 15) is 4.79 Å². The zero-order valence-corrected chi connectivity index (χ0v) is 14.2. The lowest BCUT2D eigenvalue weighted by Crippen LogP contribution is -2.16. The second-order valence-corrected chi connectivity index (χ2v) is 6.49. The molecule has 0 radical (unpaired) electrons. The van der Waals surface area contributed by atoms with Gasteiger partial charge in [-0.15, -0.1) is 10.2 Å². The first-order valence-corrected chi connectivity index (χ1v) is 8.61. The van der Waals surface area contributed by atoms with Crippen molar-refractivity contribution in [3.8, 4) is 0 Å². The summed E-state index contributed by atoms with van der Waals surface area (Å²) < 4.78 is 7.15. The first-order chi connectivity index (χ1) is 12.1. The van der Waals surface area contributed by atoms with Crippen LogP contribution in [0.25, 0.3) is 21.9 Å². The number of nitrogens with two attached hydrogens (primary N) is 1. The Morgan fingerprint density at radius 2 is 2.00 bits per heavy atom. The van der Waals surface area contributed by atoms with Crippen LogP contribution in [0, 0.1) is 6.92 Å². The largest absolute Gasteiger partial charge is 0.456 e. The number of thioether (sulfide) groups is 1. The molecule has 4 aromatic rings. The van der Waals surface area contributed by atoms with Crippen molar-refractivity contribution >= 4 is 45.3 Å². The van der Waals surface area contributed by atoms with Crippen molar-refractivity contribution in [2.75, 3.05) is 16.9 Å². The number of nitrogens with one attached hydrogen (secondary N) is 1. The van der Waals surface area contributed by atoms with Crippen LogP contribution in [0.1, 0.15) is 5.82 Å². The Hall–Kier alpha value is -3.00. The van der Waals surface area contributed by atoms with Crippen LogP contribution >= 0.6 is 11.8 Å². The molecule has 2 heterocycles. The molecule has 0 saturated heterocycles. The molecule has 2 aromatic carbocycles. The van der Waals surface area contributed by atoms with Gasteiger partial charge in [0.25, 0.3) is 0 Å². The molecular weight excluding hydrogens is 338 g/mol. The molecule has 4 rings (SSSR count). The Morgan fingerprint density at radius 3 is 2.80 bits per heavy atom. The Labute approximate surface area is 147 Å². The minimum atomic E-state index is -0.141. The average Bonchev–Trinajstić information content (AvgIpc) is 3.14. The van der Waals surface area contributed by atoms with E-state index in [-0.39, 0.29) is 11.7 Å². The van der Waals surface area contributed by atoms with Gasteiger partial charge in [-0.3, -0.25) is 4.79 Å². The third-order valence-corrected chi connectivity index (χ3v) is 4.77. The first-order valence-electron chi connectivity index (χ1n) is 7.63. The van der Waals surface area contributed by atoms with Gasteiger partial charge in [0.15, 0.2) is 0 Å². The van der Waals surface area contributed by atoms with Gasteiger partial charge in [0.1, 0.15) is 17.0 Å². The number of aryl methyl sites for hydroxylation is 1. The van der Waals surface area contributed by atoms with Crippen LogP contribution in [0.3, 0.4) is 0 Å². The van der Waals surface area contributed by atoms with Crippen LogP contribution in [0.4, 0.5) is 5.69 Å². The fourth-order valence-corrected chi connectivity index (χ4v) is 3.28. The normalized spacial score (nSPS) is 11.2. The van der Waals surface area contributed by atoms with Gasteiger partial charge in [-0.2, -0.15) is 0 Å². The number of fused-ring (bicyclic) bond motifs is 3. The molecule has 0 aliphatic rings. The van der Waals surface area contributed by atoms with Gasteiger partial charge in [-0.05, 0) is 31.2 Å². The number of rotatable bonds is 4. The number of furan rings is 1. The minimum Gasteiger partial charge on any atom is -0.456 e. The predicted octanol–water partition coefficient (Wildman–Crippen LogP) is 2.93. The van der Waals surface area contributed by atoms with E-state index in [0.717, 1.165) is 27.6 Å². The van der Waals surface area contributed by atoms with E-state index in [1.165, 1.54) is 16.4 Å². The highest BCUT2D eigenvalue weighted by atomic mass is 32.2. The third-order valence-electron chi connectivity index (χ3n) is 3.83. The molecule has 8 heteroatoms. The van der Waals surface area contributed by atoms with E-state index in [0.29, 0.717) is 11.0 Å². The number of para-hydroxylation sites is 1. The molecule has 126 valence electrons. The molecule has 3 N–H and O–H groups in total. The number of nitrogens with zero attached hydrogens (tertiary/aromatic N) is 3. The average molecular weight is 353 g/mol. The predicted molar refractivity (Wildman–Crippen MR) is 98.0 cm³/mol. The lowest BCUT2D eigenvalue weighted by atomic mass is 10.1. The zero-order chi connectivity index (χ0) is 17.4. The monoisotopic (exact) mass is 353 g/mol. The van der Waals surface area contributed by atoms with Crippen molar-refractivity contribution in [1.82, 2.24) is 14.9 Å². The highest BCUT2D eigenvalue weighted by molar-refractivity contribution is 7.99. The number of anilines is 1. The van der Waals surface area contributed by atoms with Gasteiger partial charge >= 0.3 is 0 Å². The molecule has 25 heavy (non-hydrogen) atoms. The van der Waals surface area contributed by atoms with E-state index in [1.54, 1.807) is 6.92 Å². The molecule has 0 bridgehead atoms.